The zero-order valence-corrected chi connectivity index (χ0v) is 13.1. The summed E-state index contributed by atoms with van der Waals surface area (Å²) in [6, 6.07) is 9.74. The first kappa shape index (κ1) is 17.4. The number of ketones is 1. The van der Waals surface area contributed by atoms with Gasteiger partial charge in [0.2, 0.25) is 5.91 Å². The van der Waals surface area contributed by atoms with Crippen LogP contribution in [-0.4, -0.2) is 30.9 Å². The topological polar surface area (TPSA) is 55.4 Å². The number of benzene rings is 1. The third-order valence-corrected chi connectivity index (χ3v) is 3.25. The van der Waals surface area contributed by atoms with Gasteiger partial charge >= 0.3 is 0 Å². The van der Waals surface area contributed by atoms with Crippen molar-refractivity contribution in [2.24, 2.45) is 5.92 Å². The molecule has 0 aliphatic heterocycles. The van der Waals surface area contributed by atoms with Crippen LogP contribution in [0.25, 0.3) is 0 Å². The molecule has 4 heteroatoms. The minimum absolute atomic E-state index is 0.00525. The van der Waals surface area contributed by atoms with Crippen molar-refractivity contribution in [1.29, 1.82) is 0 Å². The van der Waals surface area contributed by atoms with E-state index in [1.165, 1.54) is 12.5 Å². The SMILES string of the molecule is CC(=O)C(NC(=O)COCCCc1ccccc1)C(C)C. The van der Waals surface area contributed by atoms with E-state index in [-0.39, 0.29) is 24.2 Å². The smallest absolute Gasteiger partial charge is 0.246 e. The molecule has 0 radical (unpaired) electrons. The van der Waals surface area contributed by atoms with Gasteiger partial charge in [-0.15, -0.1) is 0 Å². The first-order valence-corrected chi connectivity index (χ1v) is 7.42. The highest BCUT2D eigenvalue weighted by Gasteiger charge is 2.20. The van der Waals surface area contributed by atoms with Gasteiger partial charge in [-0.25, -0.2) is 0 Å². The molecule has 4 nitrogen and oxygen atoms in total. The van der Waals surface area contributed by atoms with Crippen molar-refractivity contribution in [3.05, 3.63) is 35.9 Å². The number of Topliss-reactive ketones (excluding diaryl/α,β-unsaturated/α-hetero) is 1. The maximum absolute atomic E-state index is 11.7. The summed E-state index contributed by atoms with van der Waals surface area (Å²) in [4.78, 5) is 23.1. The van der Waals surface area contributed by atoms with Gasteiger partial charge in [-0.1, -0.05) is 44.2 Å². The number of hydrogen-bond acceptors (Lipinski definition) is 3. The predicted octanol–water partition coefficient (Wildman–Crippen LogP) is 2.37. The quantitative estimate of drug-likeness (QED) is 0.711. The Kier molecular flexibility index (Phi) is 7.69. The minimum Gasteiger partial charge on any atom is -0.372 e. The van der Waals surface area contributed by atoms with E-state index < -0.39 is 6.04 Å². The van der Waals surface area contributed by atoms with Crippen molar-refractivity contribution in [3.8, 4) is 0 Å². The van der Waals surface area contributed by atoms with Crippen molar-refractivity contribution in [1.82, 2.24) is 5.32 Å². The Morgan fingerprint density at radius 3 is 2.43 bits per heavy atom. The Morgan fingerprint density at radius 2 is 1.86 bits per heavy atom. The monoisotopic (exact) mass is 291 g/mol. The van der Waals surface area contributed by atoms with Crippen molar-refractivity contribution < 1.29 is 14.3 Å². The molecule has 0 bridgehead atoms. The average Bonchev–Trinajstić information content (AvgIpc) is 2.45. The summed E-state index contributed by atoms with van der Waals surface area (Å²) in [5.41, 5.74) is 1.27. The molecule has 0 fully saturated rings. The maximum atomic E-state index is 11.7. The summed E-state index contributed by atoms with van der Waals surface area (Å²) in [5, 5.41) is 2.71. The first-order chi connectivity index (χ1) is 10.0. The van der Waals surface area contributed by atoms with Gasteiger partial charge in [0.15, 0.2) is 5.78 Å². The molecule has 1 N–H and O–H groups in total. The van der Waals surface area contributed by atoms with E-state index in [2.05, 4.69) is 17.4 Å². The van der Waals surface area contributed by atoms with Gasteiger partial charge in [-0.05, 0) is 31.2 Å². The third kappa shape index (κ3) is 7.04. The van der Waals surface area contributed by atoms with Gasteiger partial charge in [0.1, 0.15) is 6.61 Å². The van der Waals surface area contributed by atoms with Gasteiger partial charge < -0.3 is 10.1 Å². The molecule has 0 aliphatic carbocycles. The Hall–Kier alpha value is -1.68. The van der Waals surface area contributed by atoms with E-state index in [4.69, 9.17) is 4.74 Å². The van der Waals surface area contributed by atoms with Gasteiger partial charge in [-0.3, -0.25) is 9.59 Å². The fraction of sp³-hybridized carbons (Fsp3) is 0.529. The largest absolute Gasteiger partial charge is 0.372 e. The van der Waals surface area contributed by atoms with Crippen molar-refractivity contribution in [3.63, 3.8) is 0 Å². The molecule has 1 aromatic carbocycles. The van der Waals surface area contributed by atoms with Gasteiger partial charge in [-0.2, -0.15) is 0 Å². The minimum atomic E-state index is -0.426. The number of nitrogens with one attached hydrogen (secondary N) is 1. The third-order valence-electron chi connectivity index (χ3n) is 3.25. The van der Waals surface area contributed by atoms with Crippen LogP contribution in [0.5, 0.6) is 0 Å². The summed E-state index contributed by atoms with van der Waals surface area (Å²) in [7, 11) is 0. The molecular formula is C17H25NO3. The molecule has 0 heterocycles. The fourth-order valence-electron chi connectivity index (χ4n) is 2.14. The van der Waals surface area contributed by atoms with Gasteiger partial charge in [0, 0.05) is 6.61 Å². The van der Waals surface area contributed by atoms with Crippen LogP contribution in [0.15, 0.2) is 30.3 Å². The van der Waals surface area contributed by atoms with E-state index in [0.717, 1.165) is 12.8 Å². The van der Waals surface area contributed by atoms with Gasteiger partial charge in [0.25, 0.3) is 0 Å². The molecule has 116 valence electrons. The Labute approximate surface area is 126 Å². The van der Waals surface area contributed by atoms with Crippen LogP contribution >= 0.6 is 0 Å². The molecule has 21 heavy (non-hydrogen) atoms. The van der Waals surface area contributed by atoms with Crippen LogP contribution in [0.1, 0.15) is 32.8 Å². The van der Waals surface area contributed by atoms with Crippen LogP contribution in [0.2, 0.25) is 0 Å². The Bertz CT molecular complexity index is 443. The van der Waals surface area contributed by atoms with Crippen LogP contribution in [-0.2, 0) is 20.7 Å². The zero-order chi connectivity index (χ0) is 15.7. The zero-order valence-electron chi connectivity index (χ0n) is 13.1. The molecule has 0 aromatic heterocycles. The lowest BCUT2D eigenvalue weighted by molar-refractivity contribution is -0.130. The number of ether oxygens (including phenoxy) is 1. The van der Waals surface area contributed by atoms with Gasteiger partial charge in [0.05, 0.1) is 6.04 Å². The first-order valence-electron chi connectivity index (χ1n) is 7.42. The second-order valence-corrected chi connectivity index (χ2v) is 5.54. The molecule has 0 aliphatic rings. The van der Waals surface area contributed by atoms with Crippen LogP contribution in [0.3, 0.4) is 0 Å². The summed E-state index contributed by atoms with van der Waals surface area (Å²) in [6.07, 6.45) is 1.81. The standard InChI is InChI=1S/C17H25NO3/c1-13(2)17(14(3)19)18-16(20)12-21-11-7-10-15-8-5-4-6-9-15/h4-6,8-9,13,17H,7,10-12H2,1-3H3,(H,18,20). The maximum Gasteiger partial charge on any atom is 0.246 e. The summed E-state index contributed by atoms with van der Waals surface area (Å²) in [5.74, 6) is -0.171. The molecule has 1 atom stereocenters. The van der Waals surface area contributed by atoms with Crippen molar-refractivity contribution in [2.45, 2.75) is 39.7 Å². The van der Waals surface area contributed by atoms with Crippen LogP contribution in [0.4, 0.5) is 0 Å². The number of carbonyl (C=O) groups is 2. The normalized spacial score (nSPS) is 12.2. The number of rotatable bonds is 9. The van der Waals surface area contributed by atoms with E-state index in [9.17, 15) is 9.59 Å². The Morgan fingerprint density at radius 1 is 1.19 bits per heavy atom. The highest BCUT2D eigenvalue weighted by Crippen LogP contribution is 2.03. The number of hydrogen-bond donors (Lipinski definition) is 1. The molecule has 1 rings (SSSR count). The predicted molar refractivity (Wildman–Crippen MR) is 83.0 cm³/mol. The molecule has 0 saturated carbocycles. The summed E-state index contributed by atoms with van der Waals surface area (Å²) >= 11 is 0. The van der Waals surface area contributed by atoms with E-state index in [1.807, 2.05) is 32.0 Å². The van der Waals surface area contributed by atoms with E-state index in [0.29, 0.717) is 6.61 Å². The van der Waals surface area contributed by atoms with Crippen molar-refractivity contribution in [2.75, 3.05) is 13.2 Å². The molecule has 0 saturated heterocycles. The van der Waals surface area contributed by atoms with Crippen molar-refractivity contribution >= 4 is 11.7 Å². The number of carbonyl (C=O) groups excluding carboxylic acids is 2. The number of amides is 1. The molecule has 1 aromatic rings. The Balaban J connectivity index is 2.17. The van der Waals surface area contributed by atoms with Crippen LogP contribution < -0.4 is 5.32 Å². The average molecular weight is 291 g/mol. The van der Waals surface area contributed by atoms with E-state index >= 15 is 0 Å². The molecule has 1 unspecified atom stereocenters. The lowest BCUT2D eigenvalue weighted by Crippen LogP contribution is -2.44. The highest BCUT2D eigenvalue weighted by atomic mass is 16.5. The summed E-state index contributed by atoms with van der Waals surface area (Å²) < 4.78 is 5.35. The summed E-state index contributed by atoms with van der Waals surface area (Å²) in [6.45, 7) is 5.85. The highest BCUT2D eigenvalue weighted by molar-refractivity contribution is 5.88. The molecule has 1 amide bonds. The fourth-order valence-corrected chi connectivity index (χ4v) is 2.14. The number of aryl methyl sites for hydroxylation is 1. The van der Waals surface area contributed by atoms with E-state index in [1.54, 1.807) is 0 Å². The second-order valence-electron chi connectivity index (χ2n) is 5.54. The lowest BCUT2D eigenvalue weighted by atomic mass is 10.0. The molecule has 0 spiro atoms. The van der Waals surface area contributed by atoms with Crippen LogP contribution in [0, 0.1) is 5.92 Å². The second kappa shape index (κ2) is 9.29. The lowest BCUT2D eigenvalue weighted by Gasteiger charge is -2.19. The molecular weight excluding hydrogens is 266 g/mol.